The van der Waals surface area contributed by atoms with Crippen LogP contribution in [0.1, 0.15) is 33.6 Å². The minimum atomic E-state index is -2.54. The first-order valence-corrected chi connectivity index (χ1v) is 11.0. The van der Waals surface area contributed by atoms with Crippen molar-refractivity contribution in [3.8, 4) is 11.8 Å². The van der Waals surface area contributed by atoms with Gasteiger partial charge in [-0.2, -0.15) is 0 Å². The second-order valence-electron chi connectivity index (χ2n) is 6.58. The van der Waals surface area contributed by atoms with Crippen LogP contribution in [0.15, 0.2) is 72.9 Å². The second-order valence-corrected chi connectivity index (χ2v) is 9.85. The van der Waals surface area contributed by atoms with E-state index < -0.39 is 8.32 Å². The third kappa shape index (κ3) is 4.95. The molecule has 2 aromatic carbocycles. The highest BCUT2D eigenvalue weighted by atomic mass is 28.4. The van der Waals surface area contributed by atoms with E-state index in [2.05, 4.69) is 87.7 Å². The lowest BCUT2D eigenvalue weighted by Crippen LogP contribution is -2.61. The molecule has 0 saturated carbocycles. The predicted molar refractivity (Wildman–Crippen MR) is 110 cm³/mol. The molecule has 130 valence electrons. The number of benzene rings is 2. The minimum Gasteiger partial charge on any atom is -0.391 e. The van der Waals surface area contributed by atoms with Crippen LogP contribution in [-0.2, 0) is 4.43 Å². The van der Waals surface area contributed by atoms with Gasteiger partial charge >= 0.3 is 0 Å². The molecule has 0 heterocycles. The summed E-state index contributed by atoms with van der Waals surface area (Å²) in [5.74, 6) is 7.09. The van der Waals surface area contributed by atoms with Gasteiger partial charge in [0.05, 0.1) is 0 Å². The molecule has 0 aliphatic rings. The molecule has 0 aromatic heterocycles. The summed E-state index contributed by atoms with van der Waals surface area (Å²) < 4.78 is 6.82. The van der Waals surface area contributed by atoms with Gasteiger partial charge in [-0.15, -0.1) is 12.5 Å². The largest absolute Gasteiger partial charge is 0.391 e. The van der Waals surface area contributed by atoms with Gasteiger partial charge in [0, 0.05) is 6.42 Å². The Labute approximate surface area is 153 Å². The standard InChI is InChI=1S/C23H28OSi/c1-5-7-14-21(19-20(3)4)24-25(6-2,22-15-10-8-11-16-22)23-17-12-9-13-18-23/h6,8-13,15-18,20-21H,2,5,19H2,1,3-4H3. The second kappa shape index (κ2) is 9.41. The summed E-state index contributed by atoms with van der Waals surface area (Å²) in [6.45, 7) is 10.7. The van der Waals surface area contributed by atoms with Gasteiger partial charge in [0.2, 0.25) is 0 Å². The summed E-state index contributed by atoms with van der Waals surface area (Å²) in [5, 5.41) is 2.42. The summed E-state index contributed by atoms with van der Waals surface area (Å²) in [6, 6.07) is 21.0. The van der Waals surface area contributed by atoms with Gasteiger partial charge in [-0.1, -0.05) is 93.1 Å². The Balaban J connectivity index is 2.52. The molecule has 0 aliphatic heterocycles. The van der Waals surface area contributed by atoms with Crippen molar-refractivity contribution in [3.63, 3.8) is 0 Å². The van der Waals surface area contributed by atoms with E-state index in [1.807, 2.05) is 17.8 Å². The quantitative estimate of drug-likeness (QED) is 0.535. The SMILES string of the molecule is C=C[Si](OC(C#CCC)CC(C)C)(c1ccccc1)c1ccccc1. The highest BCUT2D eigenvalue weighted by Crippen LogP contribution is 2.17. The van der Waals surface area contributed by atoms with Crippen molar-refractivity contribution < 1.29 is 4.43 Å². The maximum absolute atomic E-state index is 6.82. The number of hydrogen-bond donors (Lipinski definition) is 0. The molecular formula is C23H28OSi. The Hall–Kier alpha value is -2.08. The van der Waals surface area contributed by atoms with Crippen molar-refractivity contribution in [2.45, 2.75) is 39.7 Å². The molecule has 0 N–H and O–H groups in total. The van der Waals surface area contributed by atoms with Gasteiger partial charge in [0.15, 0.2) is 0 Å². The van der Waals surface area contributed by atoms with Crippen LogP contribution in [0.2, 0.25) is 0 Å². The van der Waals surface area contributed by atoms with Crippen LogP contribution in [0, 0.1) is 17.8 Å². The zero-order valence-corrected chi connectivity index (χ0v) is 16.5. The van der Waals surface area contributed by atoms with Crippen molar-refractivity contribution >= 4 is 18.7 Å². The van der Waals surface area contributed by atoms with Crippen LogP contribution in [0.25, 0.3) is 0 Å². The molecule has 0 saturated heterocycles. The fourth-order valence-electron chi connectivity index (χ4n) is 2.96. The van der Waals surface area contributed by atoms with Crippen LogP contribution in [0.3, 0.4) is 0 Å². The van der Waals surface area contributed by atoms with Crippen LogP contribution in [0.5, 0.6) is 0 Å². The normalized spacial score (nSPS) is 12.3. The Morgan fingerprint density at radius 3 is 1.92 bits per heavy atom. The summed E-state index contributed by atoms with van der Waals surface area (Å²) in [5.41, 5.74) is 2.04. The molecule has 1 atom stereocenters. The lowest BCUT2D eigenvalue weighted by atomic mass is 10.1. The molecule has 0 spiro atoms. The van der Waals surface area contributed by atoms with E-state index >= 15 is 0 Å². The topological polar surface area (TPSA) is 9.23 Å². The number of rotatable bonds is 7. The van der Waals surface area contributed by atoms with Crippen LogP contribution >= 0.6 is 0 Å². The van der Waals surface area contributed by atoms with E-state index in [1.165, 1.54) is 10.4 Å². The molecule has 0 bridgehead atoms. The predicted octanol–water partition coefficient (Wildman–Crippen LogP) is 4.32. The van der Waals surface area contributed by atoms with Crippen molar-refractivity contribution in [3.05, 3.63) is 72.9 Å². The first-order chi connectivity index (χ1) is 12.1. The monoisotopic (exact) mass is 348 g/mol. The lowest BCUT2D eigenvalue weighted by molar-refractivity contribution is 0.229. The maximum Gasteiger partial charge on any atom is 0.281 e. The van der Waals surface area contributed by atoms with Gasteiger partial charge in [-0.05, 0) is 22.7 Å². The first kappa shape index (κ1) is 19.2. The third-order valence-electron chi connectivity index (χ3n) is 4.15. The molecule has 2 rings (SSSR count). The smallest absolute Gasteiger partial charge is 0.281 e. The minimum absolute atomic E-state index is 0.0787. The lowest BCUT2D eigenvalue weighted by Gasteiger charge is -2.32. The van der Waals surface area contributed by atoms with Gasteiger partial charge in [0.1, 0.15) is 6.10 Å². The maximum atomic E-state index is 6.82. The molecule has 0 aliphatic carbocycles. The van der Waals surface area contributed by atoms with E-state index in [-0.39, 0.29) is 6.10 Å². The molecule has 0 fully saturated rings. The number of hydrogen-bond acceptors (Lipinski definition) is 1. The molecule has 1 unspecified atom stereocenters. The summed E-state index contributed by atoms with van der Waals surface area (Å²) in [6.07, 6.45) is 1.69. The molecule has 2 heteroatoms. The van der Waals surface area contributed by atoms with E-state index in [0.29, 0.717) is 5.92 Å². The van der Waals surface area contributed by atoms with Gasteiger partial charge in [-0.3, -0.25) is 0 Å². The molecule has 2 aromatic rings. The van der Waals surface area contributed by atoms with Crippen LogP contribution in [-0.4, -0.2) is 14.4 Å². The van der Waals surface area contributed by atoms with Crippen LogP contribution < -0.4 is 10.4 Å². The zero-order valence-electron chi connectivity index (χ0n) is 15.5. The van der Waals surface area contributed by atoms with E-state index in [1.54, 1.807) is 0 Å². The van der Waals surface area contributed by atoms with E-state index in [9.17, 15) is 0 Å². The van der Waals surface area contributed by atoms with E-state index in [4.69, 9.17) is 4.43 Å². The Morgan fingerprint density at radius 1 is 1.00 bits per heavy atom. The van der Waals surface area contributed by atoms with Gasteiger partial charge in [0.25, 0.3) is 8.32 Å². The Morgan fingerprint density at radius 2 is 1.52 bits per heavy atom. The van der Waals surface area contributed by atoms with E-state index in [0.717, 1.165) is 12.8 Å². The molecule has 0 radical (unpaired) electrons. The molecule has 1 nitrogen and oxygen atoms in total. The fourth-order valence-corrected chi connectivity index (χ4v) is 6.12. The Kier molecular flexibility index (Phi) is 7.25. The summed E-state index contributed by atoms with van der Waals surface area (Å²) in [4.78, 5) is 0. The highest BCUT2D eigenvalue weighted by molar-refractivity contribution is 7.01. The third-order valence-corrected chi connectivity index (χ3v) is 7.76. The molecular weight excluding hydrogens is 320 g/mol. The average molecular weight is 349 g/mol. The highest BCUT2D eigenvalue weighted by Gasteiger charge is 2.38. The summed E-state index contributed by atoms with van der Waals surface area (Å²) >= 11 is 0. The zero-order chi connectivity index (χ0) is 18.1. The van der Waals surface area contributed by atoms with Gasteiger partial charge in [-0.25, -0.2) is 0 Å². The molecule has 25 heavy (non-hydrogen) atoms. The first-order valence-electron chi connectivity index (χ1n) is 9.03. The summed E-state index contributed by atoms with van der Waals surface area (Å²) in [7, 11) is -2.54. The van der Waals surface area contributed by atoms with Crippen molar-refractivity contribution in [1.82, 2.24) is 0 Å². The molecule has 0 amide bonds. The van der Waals surface area contributed by atoms with Crippen LogP contribution in [0.4, 0.5) is 0 Å². The van der Waals surface area contributed by atoms with Gasteiger partial charge < -0.3 is 4.43 Å². The van der Waals surface area contributed by atoms with Crippen molar-refractivity contribution in [1.29, 1.82) is 0 Å². The average Bonchev–Trinajstić information content (AvgIpc) is 2.65. The van der Waals surface area contributed by atoms with Crippen molar-refractivity contribution in [2.24, 2.45) is 5.92 Å². The Bertz CT molecular complexity index is 671. The van der Waals surface area contributed by atoms with Crippen molar-refractivity contribution in [2.75, 3.05) is 0 Å². The fraction of sp³-hybridized carbons (Fsp3) is 0.304.